The van der Waals surface area contributed by atoms with Gasteiger partial charge in [-0.05, 0) is 32.0 Å². The number of thiocarbonyl (C=S) groups is 1. The minimum Gasteiger partial charge on any atom is -0.389 e. The van der Waals surface area contributed by atoms with Gasteiger partial charge in [0.1, 0.15) is 4.99 Å². The Balaban J connectivity index is 3.02. The van der Waals surface area contributed by atoms with Gasteiger partial charge in [-0.25, -0.2) is 0 Å². The summed E-state index contributed by atoms with van der Waals surface area (Å²) in [4.78, 5) is 0.377. The van der Waals surface area contributed by atoms with Crippen LogP contribution < -0.4 is 11.1 Å². The molecule has 1 aromatic carbocycles. The number of halogens is 1. The maximum absolute atomic E-state index is 5.72. The summed E-state index contributed by atoms with van der Waals surface area (Å²) >= 11 is 8.46. The molecule has 0 radical (unpaired) electrons. The molecule has 0 atom stereocenters. The molecule has 0 aromatic heterocycles. The van der Waals surface area contributed by atoms with Crippen LogP contribution >= 0.6 is 28.1 Å². The summed E-state index contributed by atoms with van der Waals surface area (Å²) in [6, 6.07) is 5.82. The van der Waals surface area contributed by atoms with Gasteiger partial charge in [-0.2, -0.15) is 0 Å². The molecule has 0 bridgehead atoms. The molecule has 0 saturated carbocycles. The fourth-order valence-corrected chi connectivity index (χ4v) is 2.12. The normalized spacial score (nSPS) is 11.3. The Hall–Kier alpha value is -0.650. The second-order valence-corrected chi connectivity index (χ2v) is 5.85. The van der Waals surface area contributed by atoms with Gasteiger partial charge in [0.2, 0.25) is 0 Å². The zero-order valence-electron chi connectivity index (χ0n) is 10.2. The topological polar surface area (TPSA) is 47.3 Å². The zero-order valence-corrected chi connectivity index (χ0v) is 12.6. The maximum atomic E-state index is 5.72. The first-order valence-corrected chi connectivity index (χ1v) is 6.42. The van der Waals surface area contributed by atoms with Crippen molar-refractivity contribution in [1.82, 2.24) is 0 Å². The quantitative estimate of drug-likeness (QED) is 0.820. The third kappa shape index (κ3) is 4.26. The highest BCUT2D eigenvalue weighted by Crippen LogP contribution is 2.24. The summed E-state index contributed by atoms with van der Waals surface area (Å²) in [7, 11) is 1.68. The van der Waals surface area contributed by atoms with E-state index in [4.69, 9.17) is 22.7 Å². The molecule has 3 nitrogen and oxygen atoms in total. The lowest BCUT2D eigenvalue weighted by Crippen LogP contribution is -2.36. The number of anilines is 1. The zero-order chi connectivity index (χ0) is 13.1. The Labute approximate surface area is 116 Å². The fraction of sp³-hybridized carbons (Fsp3) is 0.417. The van der Waals surface area contributed by atoms with Gasteiger partial charge in [0.05, 0.1) is 12.1 Å². The Morgan fingerprint density at radius 2 is 2.18 bits per heavy atom. The third-order valence-electron chi connectivity index (χ3n) is 2.23. The molecule has 0 saturated heterocycles. The molecule has 0 amide bonds. The van der Waals surface area contributed by atoms with Crippen LogP contribution in [0.25, 0.3) is 0 Å². The number of methoxy groups -OCH3 is 1. The predicted molar refractivity (Wildman–Crippen MR) is 79.6 cm³/mol. The second kappa shape index (κ2) is 5.80. The van der Waals surface area contributed by atoms with Crippen LogP contribution in [0.3, 0.4) is 0 Å². The van der Waals surface area contributed by atoms with Crippen molar-refractivity contribution in [2.45, 2.75) is 19.4 Å². The second-order valence-electron chi connectivity index (χ2n) is 4.50. The Bertz CT molecular complexity index is 421. The highest BCUT2D eigenvalue weighted by Gasteiger charge is 2.19. The Kier molecular flexibility index (Phi) is 4.91. The van der Waals surface area contributed by atoms with Gasteiger partial charge in [-0.15, -0.1) is 0 Å². The van der Waals surface area contributed by atoms with Crippen LogP contribution in [0, 0.1) is 0 Å². The summed E-state index contributed by atoms with van der Waals surface area (Å²) in [5.74, 6) is 0. The molecule has 5 heteroatoms. The minimum absolute atomic E-state index is 0.178. The van der Waals surface area contributed by atoms with Gasteiger partial charge in [0.25, 0.3) is 0 Å². The van der Waals surface area contributed by atoms with Gasteiger partial charge in [-0.1, -0.05) is 28.1 Å². The Morgan fingerprint density at radius 3 is 2.71 bits per heavy atom. The fourth-order valence-electron chi connectivity index (χ4n) is 1.59. The first-order valence-electron chi connectivity index (χ1n) is 5.22. The van der Waals surface area contributed by atoms with E-state index < -0.39 is 0 Å². The van der Waals surface area contributed by atoms with Crippen molar-refractivity contribution >= 4 is 38.8 Å². The molecule has 17 heavy (non-hydrogen) atoms. The summed E-state index contributed by atoms with van der Waals surface area (Å²) in [6.07, 6.45) is 0. The van der Waals surface area contributed by atoms with Gasteiger partial charge >= 0.3 is 0 Å². The number of hydrogen-bond donors (Lipinski definition) is 2. The number of hydrogen-bond acceptors (Lipinski definition) is 3. The van der Waals surface area contributed by atoms with E-state index in [1.165, 1.54) is 0 Å². The number of nitrogens with two attached hydrogens (primary N) is 1. The van der Waals surface area contributed by atoms with Gasteiger partial charge in [0.15, 0.2) is 0 Å². The van der Waals surface area contributed by atoms with Crippen molar-refractivity contribution in [2.24, 2.45) is 5.73 Å². The first-order chi connectivity index (χ1) is 7.85. The van der Waals surface area contributed by atoms with Crippen LogP contribution in [0.4, 0.5) is 5.69 Å². The minimum atomic E-state index is -0.178. The van der Waals surface area contributed by atoms with Crippen molar-refractivity contribution < 1.29 is 4.74 Å². The van der Waals surface area contributed by atoms with E-state index in [0.29, 0.717) is 11.6 Å². The van der Waals surface area contributed by atoms with Crippen molar-refractivity contribution in [2.75, 3.05) is 19.0 Å². The highest BCUT2D eigenvalue weighted by molar-refractivity contribution is 9.10. The predicted octanol–water partition coefficient (Wildman–Crippen LogP) is 2.92. The van der Waals surface area contributed by atoms with Crippen LogP contribution in [0.2, 0.25) is 0 Å². The van der Waals surface area contributed by atoms with Crippen LogP contribution in [-0.2, 0) is 4.74 Å². The monoisotopic (exact) mass is 316 g/mol. The molecule has 0 unspecified atom stereocenters. The van der Waals surface area contributed by atoms with E-state index >= 15 is 0 Å². The lowest BCUT2D eigenvalue weighted by atomic mass is 10.0. The SMILES string of the molecule is COCC(C)(C)Nc1ccc(Br)cc1C(N)=S. The molecule has 0 aliphatic heterocycles. The average Bonchev–Trinajstić information content (AvgIpc) is 2.20. The van der Waals surface area contributed by atoms with E-state index in [1.807, 2.05) is 18.2 Å². The smallest absolute Gasteiger partial charge is 0.106 e. The van der Waals surface area contributed by atoms with Crippen molar-refractivity contribution in [3.05, 3.63) is 28.2 Å². The van der Waals surface area contributed by atoms with Gasteiger partial charge in [0, 0.05) is 22.8 Å². The van der Waals surface area contributed by atoms with E-state index in [1.54, 1.807) is 7.11 Å². The molecule has 0 aliphatic carbocycles. The molecule has 0 heterocycles. The van der Waals surface area contributed by atoms with E-state index in [0.717, 1.165) is 15.7 Å². The molecule has 0 fully saturated rings. The molecule has 1 rings (SSSR count). The molecule has 0 aliphatic rings. The average molecular weight is 317 g/mol. The summed E-state index contributed by atoms with van der Waals surface area (Å²) in [5, 5.41) is 3.38. The molecule has 0 spiro atoms. The number of ether oxygens (including phenoxy) is 1. The molecular weight excluding hydrogens is 300 g/mol. The van der Waals surface area contributed by atoms with Gasteiger partial charge < -0.3 is 15.8 Å². The maximum Gasteiger partial charge on any atom is 0.106 e. The summed E-state index contributed by atoms with van der Waals surface area (Å²) in [6.45, 7) is 4.71. The summed E-state index contributed by atoms with van der Waals surface area (Å²) < 4.78 is 6.12. The van der Waals surface area contributed by atoms with Crippen molar-refractivity contribution in [1.29, 1.82) is 0 Å². The van der Waals surface area contributed by atoms with E-state index in [-0.39, 0.29) is 5.54 Å². The number of rotatable bonds is 5. The molecular formula is C12H17BrN2OS. The van der Waals surface area contributed by atoms with Crippen molar-refractivity contribution in [3.8, 4) is 0 Å². The Morgan fingerprint density at radius 1 is 1.53 bits per heavy atom. The number of nitrogens with one attached hydrogen (secondary N) is 1. The molecule has 3 N–H and O–H groups in total. The van der Waals surface area contributed by atoms with Crippen LogP contribution in [0.15, 0.2) is 22.7 Å². The van der Waals surface area contributed by atoms with Gasteiger partial charge in [-0.3, -0.25) is 0 Å². The van der Waals surface area contributed by atoms with Crippen LogP contribution in [0.5, 0.6) is 0 Å². The molecule has 1 aromatic rings. The summed E-state index contributed by atoms with van der Waals surface area (Å²) in [5.41, 5.74) is 7.29. The lowest BCUT2D eigenvalue weighted by molar-refractivity contribution is 0.158. The van der Waals surface area contributed by atoms with Crippen molar-refractivity contribution in [3.63, 3.8) is 0 Å². The highest BCUT2D eigenvalue weighted by atomic mass is 79.9. The van der Waals surface area contributed by atoms with E-state index in [2.05, 4.69) is 35.1 Å². The largest absolute Gasteiger partial charge is 0.389 e. The number of benzene rings is 1. The van der Waals surface area contributed by atoms with Crippen LogP contribution in [0.1, 0.15) is 19.4 Å². The first kappa shape index (κ1) is 14.4. The molecule has 94 valence electrons. The van der Waals surface area contributed by atoms with E-state index in [9.17, 15) is 0 Å². The standard InChI is InChI=1S/C12H17BrN2OS/c1-12(2,7-16-3)15-10-5-4-8(13)6-9(10)11(14)17/h4-6,15H,7H2,1-3H3,(H2,14,17). The van der Waals surface area contributed by atoms with Crippen LogP contribution in [-0.4, -0.2) is 24.2 Å². The third-order valence-corrected chi connectivity index (χ3v) is 2.94. The lowest BCUT2D eigenvalue weighted by Gasteiger charge is -2.28.